The van der Waals surface area contributed by atoms with Gasteiger partial charge >= 0.3 is 231 Å². The summed E-state index contributed by atoms with van der Waals surface area (Å²) in [5.41, 5.74) is -3.36. The van der Waals surface area contributed by atoms with Crippen LogP contribution >= 0.6 is 7.26 Å². The van der Waals surface area contributed by atoms with Crippen LogP contribution < -0.4 is 15.9 Å². The first kappa shape index (κ1) is 69.7. The molecule has 1 unspecified atom stereocenters. The Bertz CT molecular complexity index is 2450. The predicted octanol–water partition coefficient (Wildman–Crippen LogP) is 7.98. The van der Waals surface area contributed by atoms with Crippen LogP contribution in [0.1, 0.15) is 152 Å². The number of aliphatic hydroxyl groups is 5. The molecule has 0 saturated carbocycles. The van der Waals surface area contributed by atoms with Gasteiger partial charge in [-0.3, -0.25) is 4.79 Å². The molecule has 5 N–H and O–H groups in total. The minimum Gasteiger partial charge on any atom is -0.388 e. The topological polar surface area (TPSA) is 191 Å². The fourth-order valence-corrected chi connectivity index (χ4v) is 20.0. The molecular weight excluding hydrogens is 1080 g/mol. The molecule has 0 bridgehead atoms. The molecule has 0 spiro atoms. The van der Waals surface area contributed by atoms with Crippen molar-refractivity contribution in [2.75, 3.05) is 48.0 Å². The van der Waals surface area contributed by atoms with Crippen molar-refractivity contribution in [3.63, 3.8) is 0 Å². The number of unbranched alkanes of at least 4 members (excludes halogenated alkanes) is 6. The fraction of sp³-hybridized carbons (Fsp3) is 0.706. The molecular formula is C68H110N3O12P. The smallest absolute Gasteiger partial charge is 0.388 e. The van der Waals surface area contributed by atoms with Crippen LogP contribution in [-0.4, -0.2) is 184 Å². The zero-order valence-electron chi connectivity index (χ0n) is 53.8. The molecule has 474 valence electrons. The van der Waals surface area contributed by atoms with Crippen LogP contribution in [0.2, 0.25) is 0 Å². The van der Waals surface area contributed by atoms with Crippen LogP contribution in [0.15, 0.2) is 84.9 Å². The summed E-state index contributed by atoms with van der Waals surface area (Å²) in [6.07, 6.45) is 0.276. The molecule has 3 heterocycles. The number of benzene rings is 3. The van der Waals surface area contributed by atoms with Gasteiger partial charge in [-0.15, -0.1) is 0 Å². The number of hydrogen-bond donors (Lipinski definition) is 5. The number of likely N-dealkylation sites (N-methyl/N-ethyl adjacent to an activating group) is 1. The van der Waals surface area contributed by atoms with Gasteiger partial charge in [0.1, 0.15) is 30.0 Å². The van der Waals surface area contributed by atoms with Crippen molar-refractivity contribution >= 4 is 35.1 Å². The predicted molar refractivity (Wildman–Crippen MR) is 338 cm³/mol. The van der Waals surface area contributed by atoms with Gasteiger partial charge in [0, 0.05) is 25.5 Å². The van der Waals surface area contributed by atoms with Gasteiger partial charge in [0.15, 0.2) is 6.29 Å². The van der Waals surface area contributed by atoms with E-state index in [9.17, 15) is 35.1 Å². The molecule has 0 aliphatic carbocycles. The Morgan fingerprint density at radius 2 is 1.33 bits per heavy atom. The molecule has 3 aromatic rings. The zero-order valence-corrected chi connectivity index (χ0v) is 54.8. The molecule has 0 aromatic heterocycles. The van der Waals surface area contributed by atoms with E-state index in [2.05, 4.69) is 104 Å². The summed E-state index contributed by atoms with van der Waals surface area (Å²) in [6, 6.07) is 30.1. The normalized spacial score (nSPS) is 35.3. The average Bonchev–Trinajstić information content (AvgIpc) is 1.53. The fourth-order valence-electron chi connectivity index (χ4n) is 14.8. The van der Waals surface area contributed by atoms with Crippen molar-refractivity contribution in [1.82, 2.24) is 14.7 Å². The summed E-state index contributed by atoms with van der Waals surface area (Å²) in [4.78, 5) is 35.5. The number of rotatable bonds is 21. The Balaban J connectivity index is 1.22. The van der Waals surface area contributed by atoms with E-state index in [1.54, 1.807) is 39.5 Å². The van der Waals surface area contributed by atoms with E-state index in [-0.39, 0.29) is 50.3 Å². The molecule has 3 fully saturated rings. The van der Waals surface area contributed by atoms with E-state index in [1.807, 2.05) is 46.7 Å². The number of cyclic esters (lactones) is 1. The number of ether oxygens (including phenoxy) is 5. The van der Waals surface area contributed by atoms with E-state index < -0.39 is 109 Å². The molecule has 84 heavy (non-hydrogen) atoms. The monoisotopic (exact) mass is 1190 g/mol. The summed E-state index contributed by atoms with van der Waals surface area (Å²) in [5.74, 6) is -3.66. The van der Waals surface area contributed by atoms with Gasteiger partial charge in [-0.25, -0.2) is 0 Å². The third-order valence-electron chi connectivity index (χ3n) is 19.5. The van der Waals surface area contributed by atoms with E-state index in [0.29, 0.717) is 12.8 Å². The van der Waals surface area contributed by atoms with Crippen molar-refractivity contribution < 1.29 is 58.8 Å². The van der Waals surface area contributed by atoms with Crippen molar-refractivity contribution in [2.45, 2.75) is 237 Å². The van der Waals surface area contributed by atoms with Gasteiger partial charge in [0.2, 0.25) is 0 Å². The standard InChI is InChI=1S/C68H110N3O12P/c1-16-57-68(10,78)61(74)49(6)71(58(72)38-28-20-18-17-19-21-31-39-84(52-33-24-22-25-34-52,53-35-26-23-27-36-53)56-37-30-29-32-51(56)44-69(11)12)43-45(2)41-66(8,77)63(83-65-60(73)54(70(13)14)40-46(3)80-65)47(4)59(48(5)64(76)82-57)55-42-67(9,79-15)62(75)50(7)81-55/h22-27,29-30,32-37,45-50,54-55,57,59-63,65,73-75,77-78,84H,16-21,28,31,38-44H2,1-15H3/t45-,46-,47+,48-,49-,50+,54+,55-,57-,59?,60-,61-,62+,63-,65+,66-,67-,68-/m1/s1. The van der Waals surface area contributed by atoms with Crippen molar-refractivity contribution in [2.24, 2.45) is 23.7 Å². The molecule has 3 aromatic carbocycles. The summed E-state index contributed by atoms with van der Waals surface area (Å²) in [5, 5.41) is 65.5. The van der Waals surface area contributed by atoms with Crippen molar-refractivity contribution in [3.05, 3.63) is 90.5 Å². The Morgan fingerprint density at radius 1 is 0.762 bits per heavy atom. The van der Waals surface area contributed by atoms with Crippen LogP contribution in [0.4, 0.5) is 0 Å². The number of esters is 1. The first-order chi connectivity index (χ1) is 39.6. The third kappa shape index (κ3) is 16.5. The maximum absolute atomic E-state index is 14.9. The van der Waals surface area contributed by atoms with Crippen LogP contribution in [0.25, 0.3) is 0 Å². The number of methoxy groups -OCH3 is 1. The van der Waals surface area contributed by atoms with Gasteiger partial charge in [-0.05, 0) is 86.7 Å². The molecule has 16 heteroatoms. The van der Waals surface area contributed by atoms with Gasteiger partial charge in [0.05, 0.1) is 41.5 Å². The molecule has 6 rings (SSSR count). The Hall–Kier alpha value is -3.41. The van der Waals surface area contributed by atoms with Crippen molar-refractivity contribution in [3.8, 4) is 0 Å². The van der Waals surface area contributed by atoms with Gasteiger partial charge < -0.3 is 54.1 Å². The molecule has 3 saturated heterocycles. The number of hydrogen-bond acceptors (Lipinski definition) is 14. The van der Waals surface area contributed by atoms with E-state index in [4.69, 9.17) is 23.7 Å². The second-order valence-electron chi connectivity index (χ2n) is 26.9. The second-order valence-corrected chi connectivity index (χ2v) is 30.9. The minimum atomic E-state index is -2.44. The molecule has 0 radical (unpaired) electrons. The van der Waals surface area contributed by atoms with E-state index in [0.717, 1.165) is 51.2 Å². The van der Waals surface area contributed by atoms with Gasteiger partial charge in [0.25, 0.3) is 0 Å². The summed E-state index contributed by atoms with van der Waals surface area (Å²) < 4.78 is 32.2. The minimum absolute atomic E-state index is 0.100. The SMILES string of the molecule is CC[C@H]1OC(=O)[C@H](C)C([C@H]2C[C@@](C)(OC)[C@@H](O)[C@H](C)O2)[C@H](C)[C@@H](O[C@@H]2O[C@H](C)C[C@H](N(C)C)[C@H]2O)[C@](C)(O)C[C@@H](C)CN(C(=O)CCCCCCCCC[PH](c2ccccc2)(c2ccccc2)c2ccccc2CN(C)C)[C@H](C)[C@@H](O)[C@]1(C)O. The van der Waals surface area contributed by atoms with Gasteiger partial charge in [-0.2, -0.15) is 0 Å². The van der Waals surface area contributed by atoms with Crippen LogP contribution in [0, 0.1) is 23.7 Å². The summed E-state index contributed by atoms with van der Waals surface area (Å²) >= 11 is 0. The van der Waals surface area contributed by atoms with Gasteiger partial charge in [-0.1, -0.05) is 27.7 Å². The first-order valence-electron chi connectivity index (χ1n) is 31.7. The molecule has 18 atom stereocenters. The number of amides is 1. The number of carbonyl (C=O) groups excluding carboxylic acids is 2. The Kier molecular flexibility index (Phi) is 25.4. The quantitative estimate of drug-likeness (QED) is 0.0392. The molecule has 3 aliphatic rings. The first-order valence-corrected chi connectivity index (χ1v) is 33.9. The summed E-state index contributed by atoms with van der Waals surface area (Å²) in [7, 11) is 7.16. The Labute approximate surface area is 505 Å². The number of carbonyl (C=O) groups is 2. The molecule has 1 amide bonds. The van der Waals surface area contributed by atoms with Crippen LogP contribution in [-0.2, 0) is 39.8 Å². The third-order valence-corrected chi connectivity index (χ3v) is 24.7. The maximum atomic E-state index is 14.9. The molecule has 15 nitrogen and oxygen atoms in total. The molecule has 3 aliphatic heterocycles. The van der Waals surface area contributed by atoms with Crippen LogP contribution in [0.5, 0.6) is 0 Å². The average molecular weight is 1190 g/mol. The summed E-state index contributed by atoms with van der Waals surface area (Å²) in [6.45, 7) is 18.7. The van der Waals surface area contributed by atoms with E-state index >= 15 is 0 Å². The van der Waals surface area contributed by atoms with E-state index in [1.165, 1.54) is 35.5 Å². The zero-order chi connectivity index (χ0) is 61.9. The van der Waals surface area contributed by atoms with Crippen molar-refractivity contribution in [1.29, 1.82) is 0 Å². The second kappa shape index (κ2) is 30.7. The Morgan fingerprint density at radius 3 is 1.90 bits per heavy atom. The number of aliphatic hydroxyl groups excluding tert-OH is 3. The number of nitrogens with zero attached hydrogens (tertiary/aromatic N) is 3. The van der Waals surface area contributed by atoms with Crippen LogP contribution in [0.3, 0.4) is 0 Å².